The molecule has 1 aromatic carbocycles. The quantitative estimate of drug-likeness (QED) is 0.771. The Morgan fingerprint density at radius 2 is 2.07 bits per heavy atom. The highest BCUT2D eigenvalue weighted by atomic mass is 32.2. The van der Waals surface area contributed by atoms with Crippen molar-refractivity contribution in [2.75, 3.05) is 12.3 Å². The number of rotatable bonds is 4. The highest BCUT2D eigenvalue weighted by Gasteiger charge is 2.18. The molecule has 0 saturated heterocycles. The SMILES string of the molecule is Cc1ccc(SCC(C)(O)CN)c(C)c1. The van der Waals surface area contributed by atoms with Gasteiger partial charge >= 0.3 is 0 Å². The van der Waals surface area contributed by atoms with Gasteiger partial charge in [0.2, 0.25) is 0 Å². The van der Waals surface area contributed by atoms with E-state index in [9.17, 15) is 5.11 Å². The first kappa shape index (κ1) is 12.6. The van der Waals surface area contributed by atoms with E-state index in [1.54, 1.807) is 18.7 Å². The van der Waals surface area contributed by atoms with Crippen molar-refractivity contribution < 1.29 is 5.11 Å². The lowest BCUT2D eigenvalue weighted by Crippen LogP contribution is -2.36. The van der Waals surface area contributed by atoms with Crippen LogP contribution < -0.4 is 5.73 Å². The fourth-order valence-corrected chi connectivity index (χ4v) is 2.29. The Kier molecular flexibility index (Phi) is 4.20. The van der Waals surface area contributed by atoms with Gasteiger partial charge in [-0.15, -0.1) is 11.8 Å². The van der Waals surface area contributed by atoms with Crippen molar-refractivity contribution in [2.45, 2.75) is 31.3 Å². The van der Waals surface area contributed by atoms with Gasteiger partial charge in [-0.25, -0.2) is 0 Å². The number of thioether (sulfide) groups is 1. The molecule has 0 amide bonds. The van der Waals surface area contributed by atoms with Crippen LogP contribution in [0.4, 0.5) is 0 Å². The molecule has 84 valence electrons. The second-order valence-corrected chi connectivity index (χ2v) is 5.28. The number of aryl methyl sites for hydroxylation is 2. The van der Waals surface area contributed by atoms with Crippen molar-refractivity contribution in [3.05, 3.63) is 29.3 Å². The van der Waals surface area contributed by atoms with E-state index in [4.69, 9.17) is 5.73 Å². The molecule has 0 aliphatic carbocycles. The van der Waals surface area contributed by atoms with Crippen molar-refractivity contribution >= 4 is 11.8 Å². The van der Waals surface area contributed by atoms with Crippen LogP contribution in [0.2, 0.25) is 0 Å². The van der Waals surface area contributed by atoms with Crippen molar-refractivity contribution in [3.63, 3.8) is 0 Å². The van der Waals surface area contributed by atoms with E-state index in [1.165, 1.54) is 16.0 Å². The van der Waals surface area contributed by atoms with Crippen molar-refractivity contribution in [1.82, 2.24) is 0 Å². The van der Waals surface area contributed by atoms with Crippen LogP contribution in [0.3, 0.4) is 0 Å². The van der Waals surface area contributed by atoms with Gasteiger partial charge in [0.25, 0.3) is 0 Å². The summed E-state index contributed by atoms with van der Waals surface area (Å²) in [6.45, 7) is 6.23. The zero-order chi connectivity index (χ0) is 11.5. The van der Waals surface area contributed by atoms with Gasteiger partial charge in [-0.1, -0.05) is 17.7 Å². The van der Waals surface area contributed by atoms with Gasteiger partial charge in [0, 0.05) is 17.2 Å². The maximum absolute atomic E-state index is 9.78. The molecule has 0 radical (unpaired) electrons. The van der Waals surface area contributed by atoms with Crippen LogP contribution in [-0.2, 0) is 0 Å². The van der Waals surface area contributed by atoms with Gasteiger partial charge in [0.1, 0.15) is 0 Å². The van der Waals surface area contributed by atoms with Gasteiger partial charge in [0.05, 0.1) is 5.60 Å². The summed E-state index contributed by atoms with van der Waals surface area (Å²) in [6.07, 6.45) is 0. The maximum Gasteiger partial charge on any atom is 0.0834 e. The first-order valence-corrected chi connectivity index (χ1v) is 6.06. The first-order chi connectivity index (χ1) is 6.94. The predicted octanol–water partition coefficient (Wildman–Crippen LogP) is 2.11. The number of hydrogen-bond acceptors (Lipinski definition) is 3. The van der Waals surface area contributed by atoms with Crippen LogP contribution in [-0.4, -0.2) is 23.0 Å². The summed E-state index contributed by atoms with van der Waals surface area (Å²) in [5, 5.41) is 9.78. The lowest BCUT2D eigenvalue weighted by molar-refractivity contribution is 0.0949. The molecular formula is C12H19NOS. The molecule has 1 aromatic rings. The fraction of sp³-hybridized carbons (Fsp3) is 0.500. The molecular weight excluding hydrogens is 206 g/mol. The number of aliphatic hydroxyl groups is 1. The third kappa shape index (κ3) is 3.86. The summed E-state index contributed by atoms with van der Waals surface area (Å²) in [7, 11) is 0. The molecule has 3 heteroatoms. The number of hydrogen-bond donors (Lipinski definition) is 2. The molecule has 0 aliphatic rings. The van der Waals surface area contributed by atoms with Crippen molar-refractivity contribution in [2.24, 2.45) is 5.73 Å². The van der Waals surface area contributed by atoms with Crippen LogP contribution in [0.15, 0.2) is 23.1 Å². The van der Waals surface area contributed by atoms with Crippen LogP contribution in [0.25, 0.3) is 0 Å². The zero-order valence-electron chi connectivity index (χ0n) is 9.58. The molecule has 0 spiro atoms. The van der Waals surface area contributed by atoms with Crippen LogP contribution in [0.5, 0.6) is 0 Å². The van der Waals surface area contributed by atoms with E-state index in [0.717, 1.165) is 0 Å². The third-order valence-corrected chi connectivity index (χ3v) is 3.84. The minimum Gasteiger partial charge on any atom is -0.388 e. The van der Waals surface area contributed by atoms with E-state index in [2.05, 4.69) is 32.0 Å². The summed E-state index contributed by atoms with van der Waals surface area (Å²) in [6, 6.07) is 6.34. The second kappa shape index (κ2) is 5.01. The van der Waals surface area contributed by atoms with Gasteiger partial charge in [-0.2, -0.15) is 0 Å². The Labute approximate surface area is 95.9 Å². The smallest absolute Gasteiger partial charge is 0.0834 e. The van der Waals surface area contributed by atoms with E-state index in [0.29, 0.717) is 12.3 Å². The first-order valence-electron chi connectivity index (χ1n) is 5.07. The average Bonchev–Trinajstić information content (AvgIpc) is 2.16. The highest BCUT2D eigenvalue weighted by Crippen LogP contribution is 2.26. The standard InChI is InChI=1S/C12H19NOS/c1-9-4-5-11(10(2)6-9)15-8-12(3,14)7-13/h4-6,14H,7-8,13H2,1-3H3. The van der Waals surface area contributed by atoms with Crippen LogP contribution >= 0.6 is 11.8 Å². The Morgan fingerprint density at radius 3 is 2.60 bits per heavy atom. The van der Waals surface area contributed by atoms with Crippen LogP contribution in [0.1, 0.15) is 18.1 Å². The molecule has 1 atom stereocenters. The molecule has 1 rings (SSSR count). The third-order valence-electron chi connectivity index (χ3n) is 2.31. The van der Waals surface area contributed by atoms with Crippen LogP contribution in [0, 0.1) is 13.8 Å². The lowest BCUT2D eigenvalue weighted by atomic mass is 10.1. The van der Waals surface area contributed by atoms with Gasteiger partial charge in [-0.3, -0.25) is 0 Å². The molecule has 0 heterocycles. The molecule has 0 bridgehead atoms. The Hall–Kier alpha value is -0.510. The minimum atomic E-state index is -0.776. The largest absolute Gasteiger partial charge is 0.388 e. The maximum atomic E-state index is 9.78. The van der Waals surface area contributed by atoms with Gasteiger partial charge in [-0.05, 0) is 32.4 Å². The van der Waals surface area contributed by atoms with Gasteiger partial charge < -0.3 is 10.8 Å². The molecule has 1 unspecified atom stereocenters. The summed E-state index contributed by atoms with van der Waals surface area (Å²) in [5.41, 5.74) is 7.22. The summed E-state index contributed by atoms with van der Waals surface area (Å²) >= 11 is 1.66. The van der Waals surface area contributed by atoms with Gasteiger partial charge in [0.15, 0.2) is 0 Å². The Bertz CT molecular complexity index is 336. The van der Waals surface area contributed by atoms with Crippen molar-refractivity contribution in [3.8, 4) is 0 Å². The van der Waals surface area contributed by atoms with E-state index in [-0.39, 0.29) is 0 Å². The molecule has 3 N–H and O–H groups in total. The fourth-order valence-electron chi connectivity index (χ4n) is 1.25. The molecule has 0 aromatic heterocycles. The summed E-state index contributed by atoms with van der Waals surface area (Å²) in [5.74, 6) is 0.632. The van der Waals surface area contributed by atoms with E-state index >= 15 is 0 Å². The predicted molar refractivity (Wildman–Crippen MR) is 66.3 cm³/mol. The molecule has 0 fully saturated rings. The van der Waals surface area contributed by atoms with E-state index < -0.39 is 5.60 Å². The minimum absolute atomic E-state index is 0.297. The Morgan fingerprint density at radius 1 is 1.40 bits per heavy atom. The molecule has 0 saturated carbocycles. The second-order valence-electron chi connectivity index (χ2n) is 4.26. The normalized spacial score (nSPS) is 15.0. The molecule has 2 nitrogen and oxygen atoms in total. The zero-order valence-corrected chi connectivity index (χ0v) is 10.4. The summed E-state index contributed by atoms with van der Waals surface area (Å²) < 4.78 is 0. The topological polar surface area (TPSA) is 46.2 Å². The van der Waals surface area contributed by atoms with E-state index in [1.807, 2.05) is 0 Å². The summed E-state index contributed by atoms with van der Waals surface area (Å²) in [4.78, 5) is 1.22. The average molecular weight is 225 g/mol. The molecule has 15 heavy (non-hydrogen) atoms. The monoisotopic (exact) mass is 225 g/mol. The highest BCUT2D eigenvalue weighted by molar-refractivity contribution is 7.99. The Balaban J connectivity index is 2.66. The van der Waals surface area contributed by atoms with Crippen molar-refractivity contribution in [1.29, 1.82) is 0 Å². The number of nitrogens with two attached hydrogens (primary N) is 1. The molecule has 0 aliphatic heterocycles. The lowest BCUT2D eigenvalue weighted by Gasteiger charge is -2.20. The number of benzene rings is 1.